The summed E-state index contributed by atoms with van der Waals surface area (Å²) < 4.78 is 4.64. The number of aliphatic carboxylic acids is 1. The smallest absolute Gasteiger partial charge is 0.337 e. The van der Waals surface area contributed by atoms with Crippen LogP contribution in [0.15, 0.2) is 29.4 Å². The third kappa shape index (κ3) is 5.09. The number of carboxylic acids is 1. The van der Waals surface area contributed by atoms with Gasteiger partial charge in [0.25, 0.3) is 0 Å². The van der Waals surface area contributed by atoms with Gasteiger partial charge in [0.05, 0.1) is 18.4 Å². The molecule has 0 amide bonds. The van der Waals surface area contributed by atoms with E-state index in [0.717, 1.165) is 5.56 Å². The molecule has 1 aromatic rings. The first-order valence-corrected chi connectivity index (χ1v) is 6.11. The fourth-order valence-electron chi connectivity index (χ4n) is 1.47. The zero-order valence-electron chi connectivity index (χ0n) is 11.5. The SMILES string of the molecule is COC(=O)c1cccc(/C(C)=N/OCCCC(=O)O)c1. The first-order chi connectivity index (χ1) is 9.54. The van der Waals surface area contributed by atoms with E-state index < -0.39 is 11.9 Å². The maximum Gasteiger partial charge on any atom is 0.337 e. The molecule has 1 aromatic carbocycles. The summed E-state index contributed by atoms with van der Waals surface area (Å²) in [6.07, 6.45) is 0.445. The molecule has 6 heteroatoms. The minimum absolute atomic E-state index is 0.0480. The predicted molar refractivity (Wildman–Crippen MR) is 72.8 cm³/mol. The van der Waals surface area contributed by atoms with E-state index in [4.69, 9.17) is 9.94 Å². The van der Waals surface area contributed by atoms with Gasteiger partial charge < -0.3 is 14.7 Å². The van der Waals surface area contributed by atoms with Crippen LogP contribution in [0.2, 0.25) is 0 Å². The molecule has 6 nitrogen and oxygen atoms in total. The molecular formula is C14H17NO5. The Morgan fingerprint density at radius 2 is 2.00 bits per heavy atom. The molecule has 1 N–H and O–H groups in total. The molecule has 0 fully saturated rings. The van der Waals surface area contributed by atoms with Gasteiger partial charge in [-0.3, -0.25) is 4.79 Å². The highest BCUT2D eigenvalue weighted by molar-refractivity contribution is 6.00. The highest BCUT2D eigenvalue weighted by Crippen LogP contribution is 2.08. The molecule has 0 aliphatic heterocycles. The minimum atomic E-state index is -0.861. The van der Waals surface area contributed by atoms with Gasteiger partial charge in [-0.1, -0.05) is 17.3 Å². The number of rotatable bonds is 7. The zero-order chi connectivity index (χ0) is 15.0. The Kier molecular flexibility index (Phi) is 6.22. The number of hydrogen-bond acceptors (Lipinski definition) is 5. The van der Waals surface area contributed by atoms with Crippen LogP contribution in [0.25, 0.3) is 0 Å². The molecular weight excluding hydrogens is 262 g/mol. The molecule has 0 saturated heterocycles. The van der Waals surface area contributed by atoms with Crippen molar-refractivity contribution in [1.82, 2.24) is 0 Å². The summed E-state index contributed by atoms with van der Waals surface area (Å²) in [6, 6.07) is 6.83. The van der Waals surface area contributed by atoms with Crippen molar-refractivity contribution in [2.75, 3.05) is 13.7 Å². The van der Waals surface area contributed by atoms with Crippen molar-refractivity contribution in [2.45, 2.75) is 19.8 Å². The summed E-state index contributed by atoms with van der Waals surface area (Å²) in [7, 11) is 1.32. The van der Waals surface area contributed by atoms with E-state index in [1.54, 1.807) is 31.2 Å². The minimum Gasteiger partial charge on any atom is -0.481 e. The number of ether oxygens (including phenoxy) is 1. The Hall–Kier alpha value is -2.37. The van der Waals surface area contributed by atoms with Gasteiger partial charge in [0.1, 0.15) is 6.61 Å². The summed E-state index contributed by atoms with van der Waals surface area (Å²) in [5.41, 5.74) is 1.78. The number of benzene rings is 1. The first-order valence-electron chi connectivity index (χ1n) is 6.11. The van der Waals surface area contributed by atoms with E-state index >= 15 is 0 Å². The highest BCUT2D eigenvalue weighted by Gasteiger charge is 2.07. The summed E-state index contributed by atoms with van der Waals surface area (Å²) in [5.74, 6) is -1.28. The number of carboxylic acid groups (broad SMARTS) is 1. The molecule has 0 heterocycles. The van der Waals surface area contributed by atoms with Crippen molar-refractivity contribution >= 4 is 17.7 Å². The quantitative estimate of drug-likeness (QED) is 0.357. The van der Waals surface area contributed by atoms with Crippen LogP contribution in [0, 0.1) is 0 Å². The second-order valence-corrected chi connectivity index (χ2v) is 4.08. The van der Waals surface area contributed by atoms with E-state index in [-0.39, 0.29) is 13.0 Å². The molecule has 0 radical (unpaired) electrons. The van der Waals surface area contributed by atoms with E-state index in [2.05, 4.69) is 9.89 Å². The van der Waals surface area contributed by atoms with Gasteiger partial charge >= 0.3 is 11.9 Å². The lowest BCUT2D eigenvalue weighted by molar-refractivity contribution is -0.137. The van der Waals surface area contributed by atoms with Crippen LogP contribution in [-0.4, -0.2) is 36.5 Å². The number of nitrogens with zero attached hydrogens (tertiary/aromatic N) is 1. The lowest BCUT2D eigenvalue weighted by Crippen LogP contribution is -2.04. The number of carbonyl (C=O) groups excluding carboxylic acids is 1. The zero-order valence-corrected chi connectivity index (χ0v) is 11.5. The van der Waals surface area contributed by atoms with Crippen molar-refractivity contribution < 1.29 is 24.3 Å². The molecule has 0 saturated carbocycles. The van der Waals surface area contributed by atoms with Crippen molar-refractivity contribution in [2.24, 2.45) is 5.16 Å². The third-order valence-corrected chi connectivity index (χ3v) is 2.53. The van der Waals surface area contributed by atoms with Crippen LogP contribution in [0.3, 0.4) is 0 Å². The average Bonchev–Trinajstić information content (AvgIpc) is 2.45. The standard InChI is InChI=1S/C14H17NO5/c1-10(15-20-8-4-7-13(16)17)11-5-3-6-12(9-11)14(18)19-2/h3,5-6,9H,4,7-8H2,1-2H3,(H,16,17)/b15-10+. The van der Waals surface area contributed by atoms with Crippen molar-refractivity contribution in [1.29, 1.82) is 0 Å². The van der Waals surface area contributed by atoms with Gasteiger partial charge in [-0.05, 0) is 31.0 Å². The monoisotopic (exact) mass is 279 g/mol. The van der Waals surface area contributed by atoms with E-state index in [0.29, 0.717) is 17.7 Å². The summed E-state index contributed by atoms with van der Waals surface area (Å²) >= 11 is 0. The van der Waals surface area contributed by atoms with Crippen LogP contribution in [0.5, 0.6) is 0 Å². The fraction of sp³-hybridized carbons (Fsp3) is 0.357. The van der Waals surface area contributed by atoms with Gasteiger partial charge in [-0.15, -0.1) is 0 Å². The number of carbonyl (C=O) groups is 2. The lowest BCUT2D eigenvalue weighted by atomic mass is 10.1. The van der Waals surface area contributed by atoms with Crippen molar-refractivity contribution in [3.05, 3.63) is 35.4 Å². The molecule has 0 spiro atoms. The van der Waals surface area contributed by atoms with Gasteiger partial charge in [-0.25, -0.2) is 4.79 Å². The van der Waals surface area contributed by atoms with Crippen LogP contribution >= 0.6 is 0 Å². The maximum absolute atomic E-state index is 11.4. The second kappa shape index (κ2) is 7.93. The lowest BCUT2D eigenvalue weighted by Gasteiger charge is -2.04. The maximum atomic E-state index is 11.4. The van der Waals surface area contributed by atoms with Gasteiger partial charge in [-0.2, -0.15) is 0 Å². The Labute approximate surface area is 117 Å². The first kappa shape index (κ1) is 15.7. The van der Waals surface area contributed by atoms with Crippen molar-refractivity contribution in [3.63, 3.8) is 0 Å². The molecule has 0 atom stereocenters. The molecule has 1 rings (SSSR count). The van der Waals surface area contributed by atoms with Crippen LogP contribution in [0.4, 0.5) is 0 Å². The Bertz CT molecular complexity index is 510. The molecule has 0 aromatic heterocycles. The van der Waals surface area contributed by atoms with Crippen LogP contribution in [0.1, 0.15) is 35.7 Å². The van der Waals surface area contributed by atoms with Gasteiger partial charge in [0.15, 0.2) is 0 Å². The molecule has 0 bridgehead atoms. The van der Waals surface area contributed by atoms with E-state index in [1.165, 1.54) is 7.11 Å². The van der Waals surface area contributed by atoms with Gasteiger partial charge in [0, 0.05) is 6.42 Å². The number of oxime groups is 1. The van der Waals surface area contributed by atoms with Gasteiger partial charge in [0.2, 0.25) is 0 Å². The average molecular weight is 279 g/mol. The predicted octanol–water partition coefficient (Wildman–Crippen LogP) is 2.08. The Morgan fingerprint density at radius 3 is 2.65 bits per heavy atom. The third-order valence-electron chi connectivity index (χ3n) is 2.53. The van der Waals surface area contributed by atoms with E-state index in [1.807, 2.05) is 0 Å². The normalized spacial score (nSPS) is 11.0. The highest BCUT2D eigenvalue weighted by atomic mass is 16.6. The largest absolute Gasteiger partial charge is 0.481 e. The number of esters is 1. The topological polar surface area (TPSA) is 85.2 Å². The second-order valence-electron chi connectivity index (χ2n) is 4.08. The van der Waals surface area contributed by atoms with Crippen molar-refractivity contribution in [3.8, 4) is 0 Å². The molecule has 0 aliphatic rings. The number of hydrogen-bond donors (Lipinski definition) is 1. The van der Waals surface area contributed by atoms with Crippen LogP contribution in [-0.2, 0) is 14.4 Å². The summed E-state index contributed by atoms with van der Waals surface area (Å²) in [6.45, 7) is 1.98. The molecule has 20 heavy (non-hydrogen) atoms. The summed E-state index contributed by atoms with van der Waals surface area (Å²) in [5, 5.41) is 12.4. The summed E-state index contributed by atoms with van der Waals surface area (Å²) in [4.78, 5) is 26.8. The molecule has 0 unspecified atom stereocenters. The number of methoxy groups -OCH3 is 1. The molecule has 0 aliphatic carbocycles. The van der Waals surface area contributed by atoms with E-state index in [9.17, 15) is 9.59 Å². The molecule has 108 valence electrons. The Morgan fingerprint density at radius 1 is 1.30 bits per heavy atom. The fourth-order valence-corrected chi connectivity index (χ4v) is 1.47. The van der Waals surface area contributed by atoms with Crippen LogP contribution < -0.4 is 0 Å². The Balaban J connectivity index is 2.60.